The minimum Gasteiger partial charge on any atom is -0.0989 e. The molecule has 0 N–H and O–H groups in total. The van der Waals surface area contributed by atoms with E-state index < -0.39 is 0 Å². The summed E-state index contributed by atoms with van der Waals surface area (Å²) in [5, 5.41) is 0. The minimum absolute atomic E-state index is 0.452. The summed E-state index contributed by atoms with van der Waals surface area (Å²) in [6.07, 6.45) is 6.50. The Balaban J connectivity index is 2.57. The highest BCUT2D eigenvalue weighted by atomic mass is 14.1. The Morgan fingerprint density at radius 3 is 2.53 bits per heavy atom. The van der Waals surface area contributed by atoms with Crippen molar-refractivity contribution in [2.24, 2.45) is 0 Å². The van der Waals surface area contributed by atoms with Gasteiger partial charge in [-0.2, -0.15) is 0 Å². The molecule has 0 bridgehead atoms. The smallest absolute Gasteiger partial charge is 0.00202 e. The van der Waals surface area contributed by atoms with Gasteiger partial charge in [0, 0.05) is 5.92 Å². The van der Waals surface area contributed by atoms with Crippen molar-refractivity contribution in [1.29, 1.82) is 0 Å². The van der Waals surface area contributed by atoms with Gasteiger partial charge in [-0.3, -0.25) is 0 Å². The molecule has 0 aliphatic rings. The second-order valence-electron chi connectivity index (χ2n) is 3.87. The van der Waals surface area contributed by atoms with Crippen LogP contribution >= 0.6 is 0 Å². The summed E-state index contributed by atoms with van der Waals surface area (Å²) < 4.78 is 0. The molecule has 15 heavy (non-hydrogen) atoms. The molecule has 0 aliphatic heterocycles. The van der Waals surface area contributed by atoms with Gasteiger partial charge in [-0.1, -0.05) is 68.5 Å². The van der Waals surface area contributed by atoms with E-state index in [1.54, 1.807) is 0 Å². The van der Waals surface area contributed by atoms with Crippen LogP contribution in [0.3, 0.4) is 0 Å². The molecule has 1 aromatic carbocycles. The number of benzene rings is 1. The maximum atomic E-state index is 4.15. The van der Waals surface area contributed by atoms with Crippen molar-refractivity contribution in [2.75, 3.05) is 0 Å². The standard InChI is InChI=1S/C15H20/c1-4-5-7-10-13(2)14(3)15-11-8-6-9-12-15/h5-9,11-12,14H,2,4,10H2,1,3H3/b7-5-. The molecule has 0 spiro atoms. The number of allylic oxidation sites excluding steroid dienone is 3. The summed E-state index contributed by atoms with van der Waals surface area (Å²) >= 11 is 0. The minimum atomic E-state index is 0.452. The van der Waals surface area contributed by atoms with Gasteiger partial charge in [-0.15, -0.1) is 0 Å². The van der Waals surface area contributed by atoms with E-state index in [-0.39, 0.29) is 0 Å². The molecule has 1 aromatic rings. The Morgan fingerprint density at radius 1 is 1.27 bits per heavy atom. The summed E-state index contributed by atoms with van der Waals surface area (Å²) in [6.45, 7) is 8.52. The first-order chi connectivity index (χ1) is 7.25. The second-order valence-corrected chi connectivity index (χ2v) is 3.87. The van der Waals surface area contributed by atoms with Crippen molar-refractivity contribution in [2.45, 2.75) is 32.6 Å². The molecule has 0 radical (unpaired) electrons. The van der Waals surface area contributed by atoms with Crippen LogP contribution in [0.15, 0.2) is 54.6 Å². The first kappa shape index (κ1) is 11.8. The van der Waals surface area contributed by atoms with E-state index in [4.69, 9.17) is 0 Å². The molecule has 0 heterocycles. The molecule has 0 amide bonds. The largest absolute Gasteiger partial charge is 0.0989 e. The quantitative estimate of drug-likeness (QED) is 0.604. The monoisotopic (exact) mass is 200 g/mol. The lowest BCUT2D eigenvalue weighted by Crippen LogP contribution is -1.95. The van der Waals surface area contributed by atoms with Gasteiger partial charge in [-0.05, 0) is 18.4 Å². The highest BCUT2D eigenvalue weighted by Gasteiger charge is 2.06. The highest BCUT2D eigenvalue weighted by molar-refractivity contribution is 5.27. The van der Waals surface area contributed by atoms with Gasteiger partial charge in [0.05, 0.1) is 0 Å². The van der Waals surface area contributed by atoms with Crippen LogP contribution in [0.2, 0.25) is 0 Å². The van der Waals surface area contributed by atoms with Crippen LogP contribution < -0.4 is 0 Å². The molecule has 0 fully saturated rings. The van der Waals surface area contributed by atoms with Crippen LogP contribution in [-0.4, -0.2) is 0 Å². The molecular formula is C15H20. The van der Waals surface area contributed by atoms with Gasteiger partial charge >= 0.3 is 0 Å². The summed E-state index contributed by atoms with van der Waals surface area (Å²) in [7, 11) is 0. The van der Waals surface area contributed by atoms with E-state index >= 15 is 0 Å². The molecule has 0 aromatic heterocycles. The van der Waals surface area contributed by atoms with Crippen LogP contribution in [0.5, 0.6) is 0 Å². The number of hydrogen-bond donors (Lipinski definition) is 0. The second kappa shape index (κ2) is 6.23. The van der Waals surface area contributed by atoms with Gasteiger partial charge in [-0.25, -0.2) is 0 Å². The van der Waals surface area contributed by atoms with Crippen molar-refractivity contribution >= 4 is 0 Å². The third kappa shape index (κ3) is 3.75. The fourth-order valence-electron chi connectivity index (χ4n) is 1.56. The average molecular weight is 200 g/mol. The zero-order chi connectivity index (χ0) is 11.1. The maximum absolute atomic E-state index is 4.15. The molecule has 80 valence electrons. The van der Waals surface area contributed by atoms with Crippen LogP contribution in [-0.2, 0) is 0 Å². The zero-order valence-electron chi connectivity index (χ0n) is 9.74. The Labute approximate surface area is 93.3 Å². The SMILES string of the molecule is C=C(C/C=C\CC)C(C)c1ccccc1. The first-order valence-electron chi connectivity index (χ1n) is 5.63. The van der Waals surface area contributed by atoms with Gasteiger partial charge in [0.15, 0.2) is 0 Å². The van der Waals surface area contributed by atoms with Crippen molar-refractivity contribution in [3.8, 4) is 0 Å². The van der Waals surface area contributed by atoms with E-state index in [0.29, 0.717) is 5.92 Å². The summed E-state index contributed by atoms with van der Waals surface area (Å²) in [4.78, 5) is 0. The van der Waals surface area contributed by atoms with Crippen molar-refractivity contribution < 1.29 is 0 Å². The molecule has 1 rings (SSSR count). The molecular weight excluding hydrogens is 180 g/mol. The zero-order valence-corrected chi connectivity index (χ0v) is 9.74. The van der Waals surface area contributed by atoms with E-state index in [9.17, 15) is 0 Å². The first-order valence-corrected chi connectivity index (χ1v) is 5.63. The van der Waals surface area contributed by atoms with E-state index in [1.165, 1.54) is 11.1 Å². The van der Waals surface area contributed by atoms with Crippen LogP contribution in [0, 0.1) is 0 Å². The maximum Gasteiger partial charge on any atom is 0.00202 e. The summed E-state index contributed by atoms with van der Waals surface area (Å²) in [5.74, 6) is 0.452. The molecule has 0 saturated carbocycles. The Bertz CT molecular complexity index is 319. The van der Waals surface area contributed by atoms with E-state index in [2.05, 4.69) is 62.9 Å². The van der Waals surface area contributed by atoms with Gasteiger partial charge in [0.25, 0.3) is 0 Å². The molecule has 1 unspecified atom stereocenters. The number of hydrogen-bond acceptors (Lipinski definition) is 0. The number of rotatable bonds is 5. The third-order valence-corrected chi connectivity index (χ3v) is 2.69. The third-order valence-electron chi connectivity index (χ3n) is 2.69. The topological polar surface area (TPSA) is 0 Å². The van der Waals surface area contributed by atoms with E-state index in [1.807, 2.05) is 0 Å². The lowest BCUT2D eigenvalue weighted by atomic mass is 9.92. The molecule has 1 atom stereocenters. The average Bonchev–Trinajstić information content (AvgIpc) is 2.29. The van der Waals surface area contributed by atoms with Crippen LogP contribution in [0.1, 0.15) is 38.2 Å². The Kier molecular flexibility index (Phi) is 4.89. The van der Waals surface area contributed by atoms with Gasteiger partial charge < -0.3 is 0 Å². The predicted octanol–water partition coefficient (Wildman–Crippen LogP) is 4.70. The van der Waals surface area contributed by atoms with Crippen molar-refractivity contribution in [3.05, 3.63) is 60.2 Å². The molecule has 0 nitrogen and oxygen atoms in total. The summed E-state index contributed by atoms with van der Waals surface area (Å²) in [5.41, 5.74) is 2.64. The van der Waals surface area contributed by atoms with Crippen LogP contribution in [0.4, 0.5) is 0 Å². The fourth-order valence-corrected chi connectivity index (χ4v) is 1.56. The Hall–Kier alpha value is -1.30. The summed E-state index contributed by atoms with van der Waals surface area (Å²) in [6, 6.07) is 10.6. The molecule has 0 aliphatic carbocycles. The van der Waals surface area contributed by atoms with E-state index in [0.717, 1.165) is 12.8 Å². The normalized spacial score (nSPS) is 12.9. The van der Waals surface area contributed by atoms with Gasteiger partial charge in [0.2, 0.25) is 0 Å². The molecule has 0 heteroatoms. The highest BCUT2D eigenvalue weighted by Crippen LogP contribution is 2.24. The van der Waals surface area contributed by atoms with Gasteiger partial charge in [0.1, 0.15) is 0 Å². The van der Waals surface area contributed by atoms with Crippen molar-refractivity contribution in [1.82, 2.24) is 0 Å². The van der Waals surface area contributed by atoms with Crippen molar-refractivity contribution in [3.63, 3.8) is 0 Å². The Morgan fingerprint density at radius 2 is 1.93 bits per heavy atom. The lowest BCUT2D eigenvalue weighted by Gasteiger charge is -2.13. The fraction of sp³-hybridized carbons (Fsp3) is 0.333. The molecule has 0 saturated heterocycles. The lowest BCUT2D eigenvalue weighted by molar-refractivity contribution is 0.866. The van der Waals surface area contributed by atoms with Crippen LogP contribution in [0.25, 0.3) is 0 Å². The predicted molar refractivity (Wildman–Crippen MR) is 68.0 cm³/mol.